The number of ether oxygens (including phenoxy) is 3. The molecule has 1 aromatic carbocycles. The summed E-state index contributed by atoms with van der Waals surface area (Å²) in [5.41, 5.74) is 0.697. The first-order valence-electron chi connectivity index (χ1n) is 16.6. The topological polar surface area (TPSA) is 153 Å². The van der Waals surface area contributed by atoms with Gasteiger partial charge >= 0.3 is 12.2 Å². The Morgan fingerprint density at radius 2 is 1.78 bits per heavy atom. The van der Waals surface area contributed by atoms with E-state index in [0.717, 1.165) is 5.56 Å². The number of carbonyl (C=O) groups is 2. The van der Waals surface area contributed by atoms with E-state index in [0.29, 0.717) is 33.4 Å². The number of rotatable bonds is 6. The van der Waals surface area contributed by atoms with Crippen molar-refractivity contribution >= 4 is 40.2 Å². The van der Waals surface area contributed by atoms with E-state index in [4.69, 9.17) is 14.2 Å². The summed E-state index contributed by atoms with van der Waals surface area (Å²) in [5.74, 6) is 0.128. The van der Waals surface area contributed by atoms with Gasteiger partial charge in [-0.3, -0.25) is 14.9 Å². The smallest absolute Gasteiger partial charge is 0.415 e. The number of aliphatic hydroxyl groups is 1. The average molecular weight is 690 g/mol. The number of nitrogens with zero attached hydrogens (tertiary/aromatic N) is 5. The summed E-state index contributed by atoms with van der Waals surface area (Å²) in [7, 11) is 1.86. The Hall–Kier alpha value is -4.98. The second-order valence-electron chi connectivity index (χ2n) is 15.0. The SMILES string of the molecule is Cc1c(-c2cc3cc(NC(O)[C@H]4C(C)[C@@H]4c4cnn(C)c4)ncc3c(NC(=O)OC(C)(C)C)c2F)cnc2c1N(C(=O)OC(C)(C)C)CCO2. The van der Waals surface area contributed by atoms with Crippen molar-refractivity contribution in [2.24, 2.45) is 18.9 Å². The second kappa shape index (κ2) is 12.7. The Kier molecular flexibility index (Phi) is 8.87. The zero-order valence-electron chi connectivity index (χ0n) is 29.8. The molecule has 0 radical (unpaired) electrons. The summed E-state index contributed by atoms with van der Waals surface area (Å²) in [5, 5.41) is 22.0. The highest BCUT2D eigenvalue weighted by atomic mass is 19.1. The van der Waals surface area contributed by atoms with E-state index < -0.39 is 35.4 Å². The van der Waals surface area contributed by atoms with Gasteiger partial charge in [-0.2, -0.15) is 5.10 Å². The van der Waals surface area contributed by atoms with Crippen LogP contribution in [0.25, 0.3) is 21.9 Å². The second-order valence-corrected chi connectivity index (χ2v) is 15.0. The number of fused-ring (bicyclic) bond motifs is 2. The first kappa shape index (κ1) is 34.9. The Morgan fingerprint density at radius 3 is 2.44 bits per heavy atom. The van der Waals surface area contributed by atoms with E-state index in [-0.39, 0.29) is 48.0 Å². The summed E-state index contributed by atoms with van der Waals surface area (Å²) in [6.07, 6.45) is 4.35. The molecule has 2 aliphatic rings. The Morgan fingerprint density at radius 1 is 1.06 bits per heavy atom. The van der Waals surface area contributed by atoms with Crippen molar-refractivity contribution in [3.8, 4) is 17.0 Å². The Balaban J connectivity index is 1.41. The normalized spacial score (nSPS) is 19.3. The number of carbonyl (C=O) groups excluding carboxylic acids is 2. The minimum absolute atomic E-state index is 0.0655. The molecule has 0 spiro atoms. The number of halogens is 1. The van der Waals surface area contributed by atoms with Crippen LogP contribution >= 0.6 is 0 Å². The number of benzene rings is 1. The van der Waals surface area contributed by atoms with Crippen LogP contribution in [-0.2, 0) is 16.5 Å². The lowest BCUT2D eigenvalue weighted by molar-refractivity contribution is 0.0565. The number of aromatic nitrogens is 4. The summed E-state index contributed by atoms with van der Waals surface area (Å²) in [6, 6.07) is 3.31. The molecular formula is C36H44FN7O6. The van der Waals surface area contributed by atoms with Crippen LogP contribution in [0.15, 0.2) is 36.9 Å². The highest BCUT2D eigenvalue weighted by Gasteiger charge is 2.52. The largest absolute Gasteiger partial charge is 0.474 e. The third-order valence-corrected chi connectivity index (χ3v) is 8.80. The van der Waals surface area contributed by atoms with E-state index in [1.165, 1.54) is 17.3 Å². The van der Waals surface area contributed by atoms with Crippen LogP contribution in [-0.4, -0.2) is 67.6 Å². The molecule has 1 saturated carbocycles. The predicted octanol–water partition coefficient (Wildman–Crippen LogP) is 6.74. The molecule has 14 heteroatoms. The maximum absolute atomic E-state index is 16.7. The zero-order chi connectivity index (χ0) is 36.3. The molecule has 1 aliphatic carbocycles. The molecule has 2 unspecified atom stereocenters. The highest BCUT2D eigenvalue weighted by molar-refractivity contribution is 6.04. The average Bonchev–Trinajstić information content (AvgIpc) is 3.50. The van der Waals surface area contributed by atoms with Crippen LogP contribution in [0.4, 0.5) is 31.2 Å². The number of hydrogen-bond donors (Lipinski definition) is 3. The third kappa shape index (κ3) is 7.02. The fraction of sp³-hybridized carbons (Fsp3) is 0.472. The van der Waals surface area contributed by atoms with Crippen LogP contribution < -0.4 is 20.3 Å². The number of nitrogens with one attached hydrogen (secondary N) is 2. The number of anilines is 3. The summed E-state index contributed by atoms with van der Waals surface area (Å²) >= 11 is 0. The molecule has 4 heterocycles. The van der Waals surface area contributed by atoms with Gasteiger partial charge in [0.1, 0.15) is 35.5 Å². The molecule has 6 rings (SSSR count). The van der Waals surface area contributed by atoms with Crippen molar-refractivity contribution < 1.29 is 33.3 Å². The van der Waals surface area contributed by atoms with Gasteiger partial charge < -0.3 is 24.6 Å². The van der Waals surface area contributed by atoms with Crippen molar-refractivity contribution in [3.05, 3.63) is 53.9 Å². The molecule has 3 N–H and O–H groups in total. The van der Waals surface area contributed by atoms with Crippen molar-refractivity contribution in [3.63, 3.8) is 0 Å². The van der Waals surface area contributed by atoms with Gasteiger partial charge in [-0.05, 0) is 88.9 Å². The minimum Gasteiger partial charge on any atom is -0.474 e. The van der Waals surface area contributed by atoms with Gasteiger partial charge in [0.25, 0.3) is 0 Å². The molecule has 0 bridgehead atoms. The molecular weight excluding hydrogens is 645 g/mol. The monoisotopic (exact) mass is 689 g/mol. The zero-order valence-corrected chi connectivity index (χ0v) is 29.8. The van der Waals surface area contributed by atoms with Gasteiger partial charge in [0, 0.05) is 48.1 Å². The van der Waals surface area contributed by atoms with Gasteiger partial charge in [-0.25, -0.2) is 23.9 Å². The number of pyridine rings is 2. The van der Waals surface area contributed by atoms with E-state index in [2.05, 4.69) is 32.6 Å². The number of aryl methyl sites for hydroxylation is 1. The van der Waals surface area contributed by atoms with E-state index in [9.17, 15) is 14.7 Å². The van der Waals surface area contributed by atoms with E-state index in [1.54, 1.807) is 65.3 Å². The fourth-order valence-electron chi connectivity index (χ4n) is 6.55. The van der Waals surface area contributed by atoms with Crippen molar-refractivity contribution in [2.75, 3.05) is 28.7 Å². The first-order valence-corrected chi connectivity index (χ1v) is 16.6. The van der Waals surface area contributed by atoms with Gasteiger partial charge in [-0.1, -0.05) is 6.92 Å². The molecule has 13 nitrogen and oxygen atoms in total. The number of hydrogen-bond acceptors (Lipinski definition) is 10. The summed E-state index contributed by atoms with van der Waals surface area (Å²) in [6.45, 7) is 14.7. The first-order chi connectivity index (χ1) is 23.4. The molecule has 1 aliphatic heterocycles. The van der Waals surface area contributed by atoms with E-state index in [1.807, 2.05) is 19.4 Å². The maximum Gasteiger partial charge on any atom is 0.415 e. The Bertz CT molecular complexity index is 1970. The van der Waals surface area contributed by atoms with Crippen LogP contribution in [0, 0.1) is 24.6 Å². The van der Waals surface area contributed by atoms with Crippen molar-refractivity contribution in [1.29, 1.82) is 0 Å². The quantitative estimate of drug-likeness (QED) is 0.186. The molecule has 3 aromatic heterocycles. The molecule has 50 heavy (non-hydrogen) atoms. The van der Waals surface area contributed by atoms with Gasteiger partial charge in [-0.15, -0.1) is 0 Å². The molecule has 1 fully saturated rings. The molecule has 0 saturated heterocycles. The minimum atomic E-state index is -0.912. The van der Waals surface area contributed by atoms with Crippen molar-refractivity contribution in [2.45, 2.75) is 78.7 Å². The lowest BCUT2D eigenvalue weighted by Crippen LogP contribution is -2.42. The molecule has 4 atom stereocenters. The number of aliphatic hydroxyl groups excluding tert-OH is 1. The molecule has 4 aromatic rings. The summed E-state index contributed by atoms with van der Waals surface area (Å²) in [4.78, 5) is 36.6. The molecule has 2 amide bonds. The van der Waals surface area contributed by atoms with E-state index >= 15 is 4.39 Å². The van der Waals surface area contributed by atoms with Crippen LogP contribution in [0.2, 0.25) is 0 Å². The third-order valence-electron chi connectivity index (χ3n) is 8.80. The van der Waals surface area contributed by atoms with Crippen LogP contribution in [0.5, 0.6) is 5.88 Å². The molecule has 266 valence electrons. The standard InChI is InChI=1S/C36H44FN7O6/c1-18-23(15-39-32-30(18)44(10-11-48-32)34(47)50-36(6,7)8)22-12-20-13-25(41-31(45)27-19(2)26(27)21-14-40-43(9)17-21)38-16-24(20)29(28(22)37)42-33(46)49-35(3,4)5/h12-17,19,26-27,31,45H,10-11H2,1-9H3,(H,38,41)(H,42,46)/t19?,26-,27+,31?/m1/s1. The van der Waals surface area contributed by atoms with Gasteiger partial charge in [0.2, 0.25) is 5.88 Å². The summed E-state index contributed by atoms with van der Waals surface area (Å²) < 4.78 is 35.4. The van der Waals surface area contributed by atoms with Gasteiger partial charge in [0.05, 0.1) is 18.4 Å². The highest BCUT2D eigenvalue weighted by Crippen LogP contribution is 2.55. The lowest BCUT2D eigenvalue weighted by Gasteiger charge is -2.32. The fourth-order valence-corrected chi connectivity index (χ4v) is 6.55. The maximum atomic E-state index is 16.7. The number of amides is 2. The Labute approximate surface area is 290 Å². The predicted molar refractivity (Wildman–Crippen MR) is 187 cm³/mol. The van der Waals surface area contributed by atoms with Crippen LogP contribution in [0.1, 0.15) is 65.5 Å². The van der Waals surface area contributed by atoms with Crippen molar-refractivity contribution in [1.82, 2.24) is 19.7 Å². The van der Waals surface area contributed by atoms with Crippen LogP contribution in [0.3, 0.4) is 0 Å². The van der Waals surface area contributed by atoms with Gasteiger partial charge in [0.15, 0.2) is 5.82 Å². The lowest BCUT2D eigenvalue weighted by atomic mass is 9.96.